The number of hydrogen-bond donors (Lipinski definition) is 0. The van der Waals surface area contributed by atoms with Crippen molar-refractivity contribution in [3.8, 4) is 39.3 Å². The molecule has 0 aliphatic heterocycles. The van der Waals surface area contributed by atoms with Crippen LogP contribution in [0, 0.1) is 0 Å². The second-order valence-electron chi connectivity index (χ2n) is 17.1. The highest BCUT2D eigenvalue weighted by Crippen LogP contribution is 2.45. The van der Waals surface area contributed by atoms with E-state index < -0.39 is 0 Å². The Hall–Kier alpha value is -7.56. The lowest BCUT2D eigenvalue weighted by atomic mass is 9.84. The molecule has 0 unspecified atom stereocenters. The van der Waals surface area contributed by atoms with Crippen LogP contribution in [-0.2, 0) is 0 Å². The van der Waals surface area contributed by atoms with Crippen molar-refractivity contribution < 1.29 is 4.42 Å². The minimum atomic E-state index is 0.593. The molecule has 1 aliphatic carbocycles. The molecule has 4 heterocycles. The van der Waals surface area contributed by atoms with Crippen LogP contribution in [0.25, 0.3) is 105 Å². The van der Waals surface area contributed by atoms with Crippen molar-refractivity contribution in [2.24, 2.45) is 0 Å². The van der Waals surface area contributed by atoms with Crippen LogP contribution in [-0.4, -0.2) is 13.7 Å². The first-order chi connectivity index (χ1) is 30.8. The molecule has 0 N–H and O–H groups in total. The minimum Gasteiger partial charge on any atom is -0.439 e. The first-order valence-corrected chi connectivity index (χ1v) is 22.1. The lowest BCUT2D eigenvalue weighted by Gasteiger charge is -2.22. The molecule has 4 nitrogen and oxygen atoms in total. The molecule has 1 aliphatic rings. The van der Waals surface area contributed by atoms with Crippen molar-refractivity contribution in [2.75, 3.05) is 0 Å². The van der Waals surface area contributed by atoms with E-state index in [-0.39, 0.29) is 0 Å². The van der Waals surface area contributed by atoms with Crippen LogP contribution in [0.5, 0.6) is 0 Å². The molecule has 4 heteroatoms. The van der Waals surface area contributed by atoms with Crippen molar-refractivity contribution in [1.29, 1.82) is 0 Å². The monoisotopic (exact) mass is 797 g/mol. The maximum absolute atomic E-state index is 6.84. The summed E-state index contributed by atoms with van der Waals surface area (Å²) in [5, 5.41) is 7.28. The van der Waals surface area contributed by atoms with Crippen LogP contribution >= 0.6 is 0 Å². The molecule has 8 aromatic carbocycles. The van der Waals surface area contributed by atoms with E-state index >= 15 is 0 Å². The summed E-state index contributed by atoms with van der Waals surface area (Å²) in [5.74, 6) is 0.593. The third kappa shape index (κ3) is 5.39. The second kappa shape index (κ2) is 14.0. The van der Waals surface area contributed by atoms with Gasteiger partial charge < -0.3 is 4.42 Å². The molecule has 12 aromatic rings. The number of furan rings is 1. The fourth-order valence-corrected chi connectivity index (χ4v) is 10.8. The topological polar surface area (TPSA) is 27.9 Å². The van der Waals surface area contributed by atoms with Gasteiger partial charge in [0.25, 0.3) is 0 Å². The lowest BCUT2D eigenvalue weighted by molar-refractivity contribution is 0.444. The molecule has 0 radical (unpaired) electrons. The number of nitrogens with zero attached hydrogens (tertiary/aromatic N) is 3. The van der Waals surface area contributed by atoms with Gasteiger partial charge in [0.15, 0.2) is 0 Å². The molecule has 4 aromatic heterocycles. The highest BCUT2D eigenvalue weighted by atomic mass is 16.3. The average molecular weight is 798 g/mol. The summed E-state index contributed by atoms with van der Waals surface area (Å²) in [6.45, 7) is 0. The molecular formula is C58H43N3O. The molecule has 0 spiro atoms. The Morgan fingerprint density at radius 3 is 1.61 bits per heavy atom. The average Bonchev–Trinajstić information content (AvgIpc) is 4.07. The van der Waals surface area contributed by atoms with Crippen LogP contribution in [0.15, 0.2) is 199 Å². The van der Waals surface area contributed by atoms with E-state index in [1.165, 1.54) is 103 Å². The van der Waals surface area contributed by atoms with Gasteiger partial charge in [0, 0.05) is 38.3 Å². The lowest BCUT2D eigenvalue weighted by Crippen LogP contribution is -2.05. The van der Waals surface area contributed by atoms with Gasteiger partial charge in [-0.05, 0) is 107 Å². The molecule has 1 saturated carbocycles. The van der Waals surface area contributed by atoms with Crippen LogP contribution in [0.2, 0.25) is 0 Å². The Bertz CT molecular complexity index is 3610. The van der Waals surface area contributed by atoms with E-state index in [9.17, 15) is 0 Å². The Balaban J connectivity index is 1.10. The molecule has 0 atom stereocenters. The fraction of sp³-hybridized carbons (Fsp3) is 0.103. The molecule has 13 rings (SSSR count). The smallest absolute Gasteiger partial charge is 0.213 e. The van der Waals surface area contributed by atoms with Crippen LogP contribution < -0.4 is 0 Å². The van der Waals surface area contributed by atoms with Gasteiger partial charge >= 0.3 is 0 Å². The molecule has 0 amide bonds. The number of benzene rings is 8. The first kappa shape index (κ1) is 35.2. The highest BCUT2D eigenvalue weighted by molar-refractivity contribution is 6.23. The standard InChI is InChI=1S/C58H43N3O/c1-4-17-38(18-5-1)41-31-32-49-53(36-41)61(58-56(49)50-27-12-15-30-54(50)62-58)45-24-16-23-44(37-45)59-51-28-13-10-25-47(51)55-48-26-11-14-29-52(48)60(57(55)59)46-34-42(39-19-6-2-7-20-39)33-43(35-46)40-21-8-3-9-22-40/h2-3,6-16,19-38H,1,4-5,17-18H2. The van der Waals surface area contributed by atoms with Crippen molar-refractivity contribution in [1.82, 2.24) is 13.7 Å². The van der Waals surface area contributed by atoms with Gasteiger partial charge in [-0.3, -0.25) is 13.7 Å². The summed E-state index contributed by atoms with van der Waals surface area (Å²) in [4.78, 5) is 0. The first-order valence-electron chi connectivity index (χ1n) is 22.1. The predicted octanol–water partition coefficient (Wildman–Crippen LogP) is 16.0. The van der Waals surface area contributed by atoms with Gasteiger partial charge in [-0.2, -0.15) is 0 Å². The van der Waals surface area contributed by atoms with Crippen molar-refractivity contribution in [2.45, 2.75) is 38.0 Å². The van der Waals surface area contributed by atoms with Crippen LogP contribution in [0.1, 0.15) is 43.6 Å². The number of rotatable bonds is 6. The van der Waals surface area contributed by atoms with E-state index in [1.807, 2.05) is 0 Å². The Morgan fingerprint density at radius 1 is 0.371 bits per heavy atom. The van der Waals surface area contributed by atoms with E-state index in [0.717, 1.165) is 39.4 Å². The van der Waals surface area contributed by atoms with Crippen LogP contribution in [0.3, 0.4) is 0 Å². The van der Waals surface area contributed by atoms with Crippen LogP contribution in [0.4, 0.5) is 0 Å². The summed E-state index contributed by atoms with van der Waals surface area (Å²) in [5.41, 5.74) is 16.0. The highest BCUT2D eigenvalue weighted by Gasteiger charge is 2.25. The quantitative estimate of drug-likeness (QED) is 0.165. The van der Waals surface area contributed by atoms with Gasteiger partial charge in [-0.15, -0.1) is 0 Å². The third-order valence-electron chi connectivity index (χ3n) is 13.6. The zero-order valence-electron chi connectivity index (χ0n) is 34.3. The summed E-state index contributed by atoms with van der Waals surface area (Å²) >= 11 is 0. The van der Waals surface area contributed by atoms with Gasteiger partial charge in [0.05, 0.1) is 27.6 Å². The number of para-hydroxylation sites is 3. The Morgan fingerprint density at radius 2 is 0.935 bits per heavy atom. The molecular weight excluding hydrogens is 755 g/mol. The maximum Gasteiger partial charge on any atom is 0.213 e. The van der Waals surface area contributed by atoms with Crippen molar-refractivity contribution in [3.63, 3.8) is 0 Å². The van der Waals surface area contributed by atoms with Gasteiger partial charge in [0.1, 0.15) is 11.2 Å². The zero-order valence-corrected chi connectivity index (χ0v) is 34.3. The summed E-state index contributed by atoms with van der Waals surface area (Å²) in [6.07, 6.45) is 6.46. The number of hydrogen-bond acceptors (Lipinski definition) is 1. The number of fused-ring (bicyclic) bond motifs is 10. The van der Waals surface area contributed by atoms with Crippen molar-refractivity contribution >= 4 is 65.8 Å². The Labute approximate surface area is 359 Å². The SMILES string of the molecule is c1ccc(-c2cc(-c3ccccc3)cc(-n3c4ccccc4c4c5ccccc5n(-c5cccc(-n6c7cc(C8CCCCC8)ccc7c7c8ccccc8oc76)c5)c43)c2)cc1. The van der Waals surface area contributed by atoms with Gasteiger partial charge in [0.2, 0.25) is 5.71 Å². The second-order valence-corrected chi connectivity index (χ2v) is 17.1. The normalized spacial score (nSPS) is 13.7. The molecule has 296 valence electrons. The van der Waals surface area contributed by atoms with Gasteiger partial charge in [-0.1, -0.05) is 153 Å². The van der Waals surface area contributed by atoms with Gasteiger partial charge in [-0.25, -0.2) is 0 Å². The molecule has 1 fully saturated rings. The summed E-state index contributed by atoms with van der Waals surface area (Å²) in [7, 11) is 0. The van der Waals surface area contributed by atoms with E-state index in [4.69, 9.17) is 4.42 Å². The summed E-state index contributed by atoms with van der Waals surface area (Å²) < 4.78 is 14.2. The fourth-order valence-electron chi connectivity index (χ4n) is 10.8. The van der Waals surface area contributed by atoms with Crippen molar-refractivity contribution in [3.05, 3.63) is 200 Å². The minimum absolute atomic E-state index is 0.593. The molecule has 62 heavy (non-hydrogen) atoms. The molecule has 0 saturated heterocycles. The Kier molecular flexibility index (Phi) is 7.96. The predicted molar refractivity (Wildman–Crippen MR) is 258 cm³/mol. The molecule has 0 bridgehead atoms. The third-order valence-corrected chi connectivity index (χ3v) is 13.6. The van der Waals surface area contributed by atoms with E-state index in [0.29, 0.717) is 5.92 Å². The largest absolute Gasteiger partial charge is 0.439 e. The van der Waals surface area contributed by atoms with E-state index in [1.54, 1.807) is 0 Å². The summed E-state index contributed by atoms with van der Waals surface area (Å²) in [6, 6.07) is 71.2. The maximum atomic E-state index is 6.84. The van der Waals surface area contributed by atoms with E-state index in [2.05, 4.69) is 208 Å². The zero-order chi connectivity index (χ0) is 40.7. The number of aromatic nitrogens is 3.